The van der Waals surface area contributed by atoms with E-state index in [0.29, 0.717) is 23.3 Å². The molecule has 0 saturated heterocycles. The number of nitrogens with zero attached hydrogens (tertiary/aromatic N) is 3. The van der Waals surface area contributed by atoms with Gasteiger partial charge in [-0.2, -0.15) is 4.98 Å². The van der Waals surface area contributed by atoms with E-state index in [-0.39, 0.29) is 6.04 Å². The molecule has 5 heteroatoms. The van der Waals surface area contributed by atoms with Gasteiger partial charge in [0.25, 0.3) is 0 Å². The SMILES string of the molecule is CCC(C)C(N)c1nc(-c2ccccn2)no1. The van der Waals surface area contributed by atoms with E-state index in [1.165, 1.54) is 0 Å². The summed E-state index contributed by atoms with van der Waals surface area (Å²) in [5, 5.41) is 3.90. The van der Waals surface area contributed by atoms with Crippen molar-refractivity contribution in [1.82, 2.24) is 15.1 Å². The molecule has 0 bridgehead atoms. The van der Waals surface area contributed by atoms with Crippen molar-refractivity contribution in [3.05, 3.63) is 30.3 Å². The molecule has 2 aromatic rings. The Morgan fingerprint density at radius 3 is 2.88 bits per heavy atom. The predicted octanol–water partition coefficient (Wildman–Crippen LogP) is 2.18. The fraction of sp³-hybridized carbons (Fsp3) is 0.417. The van der Waals surface area contributed by atoms with Gasteiger partial charge in [-0.15, -0.1) is 0 Å². The number of aromatic nitrogens is 3. The molecule has 0 spiro atoms. The van der Waals surface area contributed by atoms with Crippen LogP contribution in [0.15, 0.2) is 28.9 Å². The van der Waals surface area contributed by atoms with Gasteiger partial charge in [0.1, 0.15) is 5.69 Å². The molecular weight excluding hydrogens is 216 g/mol. The molecule has 0 radical (unpaired) electrons. The third-order valence-electron chi connectivity index (χ3n) is 2.88. The Kier molecular flexibility index (Phi) is 3.49. The summed E-state index contributed by atoms with van der Waals surface area (Å²) in [6, 6.07) is 5.34. The Morgan fingerprint density at radius 1 is 1.41 bits per heavy atom. The van der Waals surface area contributed by atoms with Crippen LogP contribution in [0.2, 0.25) is 0 Å². The molecule has 2 rings (SSSR count). The molecule has 0 aliphatic heterocycles. The second-order valence-corrected chi connectivity index (χ2v) is 4.08. The highest BCUT2D eigenvalue weighted by atomic mass is 16.5. The maximum atomic E-state index is 6.02. The lowest BCUT2D eigenvalue weighted by Crippen LogP contribution is -2.18. The lowest BCUT2D eigenvalue weighted by Gasteiger charge is -2.12. The zero-order valence-electron chi connectivity index (χ0n) is 10.00. The highest BCUT2D eigenvalue weighted by Crippen LogP contribution is 2.22. The fourth-order valence-corrected chi connectivity index (χ4v) is 1.47. The third-order valence-corrected chi connectivity index (χ3v) is 2.88. The zero-order chi connectivity index (χ0) is 12.3. The third kappa shape index (κ3) is 2.50. The van der Waals surface area contributed by atoms with Crippen LogP contribution in [0.25, 0.3) is 11.5 Å². The number of pyridine rings is 1. The van der Waals surface area contributed by atoms with E-state index in [9.17, 15) is 0 Å². The summed E-state index contributed by atoms with van der Waals surface area (Å²) in [4.78, 5) is 8.45. The summed E-state index contributed by atoms with van der Waals surface area (Å²) in [6.45, 7) is 4.15. The first-order chi connectivity index (χ1) is 8.22. The van der Waals surface area contributed by atoms with Gasteiger partial charge in [0.15, 0.2) is 0 Å². The van der Waals surface area contributed by atoms with Gasteiger partial charge in [0.2, 0.25) is 11.7 Å². The van der Waals surface area contributed by atoms with Crippen molar-refractivity contribution in [2.75, 3.05) is 0 Å². The van der Waals surface area contributed by atoms with Crippen LogP contribution in [-0.4, -0.2) is 15.1 Å². The quantitative estimate of drug-likeness (QED) is 0.874. The van der Waals surface area contributed by atoms with Gasteiger partial charge in [-0.1, -0.05) is 31.5 Å². The number of hydrogen-bond donors (Lipinski definition) is 1. The molecule has 90 valence electrons. The minimum atomic E-state index is -0.218. The monoisotopic (exact) mass is 232 g/mol. The molecule has 0 aromatic carbocycles. The van der Waals surface area contributed by atoms with Gasteiger partial charge in [-0.25, -0.2) is 0 Å². The van der Waals surface area contributed by atoms with E-state index >= 15 is 0 Å². The molecule has 0 fully saturated rings. The lowest BCUT2D eigenvalue weighted by atomic mass is 10.0. The van der Waals surface area contributed by atoms with Crippen molar-refractivity contribution in [3.63, 3.8) is 0 Å². The van der Waals surface area contributed by atoms with Crippen LogP contribution in [-0.2, 0) is 0 Å². The Morgan fingerprint density at radius 2 is 2.24 bits per heavy atom. The summed E-state index contributed by atoms with van der Waals surface area (Å²) in [5.74, 6) is 1.27. The average Bonchev–Trinajstić information content (AvgIpc) is 2.87. The molecule has 2 atom stereocenters. The lowest BCUT2D eigenvalue weighted by molar-refractivity contribution is 0.312. The summed E-state index contributed by atoms with van der Waals surface area (Å²) in [6.07, 6.45) is 2.67. The predicted molar refractivity (Wildman–Crippen MR) is 63.9 cm³/mol. The minimum absolute atomic E-state index is 0.218. The number of hydrogen-bond acceptors (Lipinski definition) is 5. The van der Waals surface area contributed by atoms with Crippen LogP contribution in [0.1, 0.15) is 32.2 Å². The van der Waals surface area contributed by atoms with E-state index in [2.05, 4.69) is 29.0 Å². The molecule has 2 heterocycles. The van der Waals surface area contributed by atoms with E-state index in [4.69, 9.17) is 10.3 Å². The van der Waals surface area contributed by atoms with Crippen molar-refractivity contribution in [1.29, 1.82) is 0 Å². The summed E-state index contributed by atoms with van der Waals surface area (Å²) >= 11 is 0. The van der Waals surface area contributed by atoms with Gasteiger partial charge in [-0.05, 0) is 18.1 Å². The Hall–Kier alpha value is -1.75. The van der Waals surface area contributed by atoms with Gasteiger partial charge < -0.3 is 10.3 Å². The van der Waals surface area contributed by atoms with E-state index in [1.54, 1.807) is 6.20 Å². The first-order valence-corrected chi connectivity index (χ1v) is 5.73. The second kappa shape index (κ2) is 5.05. The van der Waals surface area contributed by atoms with E-state index in [0.717, 1.165) is 6.42 Å². The van der Waals surface area contributed by atoms with Gasteiger partial charge in [0, 0.05) is 6.20 Å². The van der Waals surface area contributed by atoms with E-state index < -0.39 is 0 Å². The molecular formula is C12H16N4O. The molecule has 0 aliphatic carbocycles. The maximum absolute atomic E-state index is 6.02. The maximum Gasteiger partial charge on any atom is 0.244 e. The molecule has 2 unspecified atom stereocenters. The van der Waals surface area contributed by atoms with Crippen molar-refractivity contribution < 1.29 is 4.52 Å². The Labute approximate surface area is 100 Å². The van der Waals surface area contributed by atoms with E-state index in [1.807, 2.05) is 18.2 Å². The second-order valence-electron chi connectivity index (χ2n) is 4.08. The molecule has 5 nitrogen and oxygen atoms in total. The van der Waals surface area contributed by atoms with Crippen LogP contribution in [0.3, 0.4) is 0 Å². The number of rotatable bonds is 4. The fourth-order valence-electron chi connectivity index (χ4n) is 1.47. The van der Waals surface area contributed by atoms with Gasteiger partial charge in [-0.3, -0.25) is 4.98 Å². The molecule has 2 N–H and O–H groups in total. The standard InChI is InChI=1S/C12H16N4O/c1-3-8(2)10(13)12-15-11(16-17-12)9-6-4-5-7-14-9/h4-8,10H,3,13H2,1-2H3. The Bertz CT molecular complexity index is 468. The summed E-state index contributed by atoms with van der Waals surface area (Å²) in [5.41, 5.74) is 6.72. The largest absolute Gasteiger partial charge is 0.337 e. The van der Waals surface area contributed by atoms with Crippen LogP contribution in [0.5, 0.6) is 0 Å². The highest BCUT2D eigenvalue weighted by Gasteiger charge is 2.20. The van der Waals surface area contributed by atoms with Crippen LogP contribution < -0.4 is 5.73 Å². The summed E-state index contributed by atoms with van der Waals surface area (Å²) < 4.78 is 5.18. The highest BCUT2D eigenvalue weighted by molar-refractivity contribution is 5.47. The zero-order valence-corrected chi connectivity index (χ0v) is 10.00. The molecule has 2 aromatic heterocycles. The van der Waals surface area contributed by atoms with Gasteiger partial charge in [0.05, 0.1) is 6.04 Å². The van der Waals surface area contributed by atoms with Crippen molar-refractivity contribution in [2.45, 2.75) is 26.3 Å². The molecule has 0 saturated carbocycles. The van der Waals surface area contributed by atoms with Crippen molar-refractivity contribution in [2.24, 2.45) is 11.7 Å². The van der Waals surface area contributed by atoms with Gasteiger partial charge >= 0.3 is 0 Å². The molecule has 17 heavy (non-hydrogen) atoms. The molecule has 0 aliphatic rings. The first-order valence-electron chi connectivity index (χ1n) is 5.73. The topological polar surface area (TPSA) is 77.8 Å². The average molecular weight is 232 g/mol. The van der Waals surface area contributed by atoms with Crippen LogP contribution >= 0.6 is 0 Å². The minimum Gasteiger partial charge on any atom is -0.337 e. The van der Waals surface area contributed by atoms with Crippen molar-refractivity contribution in [3.8, 4) is 11.5 Å². The van der Waals surface area contributed by atoms with Crippen LogP contribution in [0.4, 0.5) is 0 Å². The van der Waals surface area contributed by atoms with Crippen molar-refractivity contribution >= 4 is 0 Å². The first kappa shape index (κ1) is 11.7. The smallest absolute Gasteiger partial charge is 0.244 e. The normalized spacial score (nSPS) is 14.5. The number of nitrogens with two attached hydrogens (primary N) is 1. The summed E-state index contributed by atoms with van der Waals surface area (Å²) in [7, 11) is 0. The Balaban J connectivity index is 2.22. The molecule has 0 amide bonds. The van der Waals surface area contributed by atoms with Crippen LogP contribution in [0, 0.1) is 5.92 Å².